The predicted molar refractivity (Wildman–Crippen MR) is 71.6 cm³/mol. The van der Waals surface area contributed by atoms with E-state index in [4.69, 9.17) is 5.73 Å². The summed E-state index contributed by atoms with van der Waals surface area (Å²) in [5.74, 6) is 0.132. The Morgan fingerprint density at radius 3 is 2.45 bits per heavy atom. The van der Waals surface area contributed by atoms with Gasteiger partial charge in [0.15, 0.2) is 0 Å². The van der Waals surface area contributed by atoms with E-state index in [-0.39, 0.29) is 11.9 Å². The van der Waals surface area contributed by atoms with E-state index in [0.29, 0.717) is 5.69 Å². The van der Waals surface area contributed by atoms with E-state index >= 15 is 0 Å². The summed E-state index contributed by atoms with van der Waals surface area (Å²) in [4.78, 5) is 3.56. The predicted octanol–water partition coefficient (Wildman–Crippen LogP) is 3.86. The molecule has 0 saturated heterocycles. The maximum Gasteiger partial charge on any atom is 0.433 e. The lowest BCUT2D eigenvalue weighted by Gasteiger charge is -2.15. The van der Waals surface area contributed by atoms with Crippen LogP contribution in [0.5, 0.6) is 0 Å². The molecule has 1 aromatic heterocycles. The van der Waals surface area contributed by atoms with Crippen LogP contribution in [-0.2, 0) is 6.18 Å². The van der Waals surface area contributed by atoms with Gasteiger partial charge < -0.3 is 11.1 Å². The van der Waals surface area contributed by atoms with Crippen LogP contribution in [0.4, 0.5) is 24.7 Å². The van der Waals surface area contributed by atoms with Crippen LogP contribution in [0.2, 0.25) is 0 Å². The third-order valence-electron chi connectivity index (χ3n) is 2.75. The lowest BCUT2D eigenvalue weighted by molar-refractivity contribution is -0.141. The fraction of sp³-hybridized carbons (Fsp3) is 0.214. The first-order valence-electron chi connectivity index (χ1n) is 6.03. The van der Waals surface area contributed by atoms with Crippen LogP contribution in [0.15, 0.2) is 42.5 Å². The van der Waals surface area contributed by atoms with Gasteiger partial charge in [0.2, 0.25) is 0 Å². The zero-order chi connectivity index (χ0) is 14.8. The Morgan fingerprint density at radius 2 is 1.80 bits per heavy atom. The number of halogens is 3. The molecule has 0 aliphatic rings. The van der Waals surface area contributed by atoms with Crippen LogP contribution in [0.25, 0.3) is 0 Å². The molecule has 1 atom stereocenters. The molecule has 0 aliphatic heterocycles. The van der Waals surface area contributed by atoms with Crippen molar-refractivity contribution in [3.63, 3.8) is 0 Å². The summed E-state index contributed by atoms with van der Waals surface area (Å²) < 4.78 is 37.8. The first-order chi connectivity index (χ1) is 9.38. The van der Waals surface area contributed by atoms with Gasteiger partial charge in [-0.15, -0.1) is 0 Å². The molecule has 3 nitrogen and oxygen atoms in total. The monoisotopic (exact) mass is 281 g/mol. The topological polar surface area (TPSA) is 50.9 Å². The number of pyridine rings is 1. The minimum Gasteiger partial charge on any atom is -0.340 e. The number of nitrogens with two attached hydrogens (primary N) is 1. The lowest BCUT2D eigenvalue weighted by Crippen LogP contribution is -2.11. The summed E-state index contributed by atoms with van der Waals surface area (Å²) >= 11 is 0. The molecule has 0 spiro atoms. The number of hydrogen-bond donors (Lipinski definition) is 2. The highest BCUT2D eigenvalue weighted by molar-refractivity contribution is 5.61. The van der Waals surface area contributed by atoms with Crippen molar-refractivity contribution in [2.45, 2.75) is 19.1 Å². The number of alkyl halides is 3. The van der Waals surface area contributed by atoms with E-state index in [1.165, 1.54) is 12.1 Å². The van der Waals surface area contributed by atoms with E-state index in [0.717, 1.165) is 11.6 Å². The number of para-hydroxylation sites is 1. The first kappa shape index (κ1) is 14.3. The van der Waals surface area contributed by atoms with Gasteiger partial charge in [0, 0.05) is 11.7 Å². The van der Waals surface area contributed by atoms with Gasteiger partial charge >= 0.3 is 6.18 Å². The Labute approximate surface area is 114 Å². The standard InChI is InChI=1S/C14H14F3N3/c1-9(18)10-5-2-3-6-11(10)19-13-8-4-7-12(20-13)14(15,16)17/h2-9H,18H2,1H3,(H,19,20). The van der Waals surface area contributed by atoms with Crippen LogP contribution < -0.4 is 11.1 Å². The molecule has 1 aromatic carbocycles. The number of anilines is 2. The SMILES string of the molecule is CC(N)c1ccccc1Nc1cccc(C(F)(F)F)n1. The molecular formula is C14H14F3N3. The van der Waals surface area contributed by atoms with Crippen molar-refractivity contribution in [1.82, 2.24) is 4.98 Å². The second-order valence-electron chi connectivity index (χ2n) is 4.41. The van der Waals surface area contributed by atoms with E-state index in [9.17, 15) is 13.2 Å². The van der Waals surface area contributed by atoms with Gasteiger partial charge in [-0.1, -0.05) is 24.3 Å². The van der Waals surface area contributed by atoms with Crippen molar-refractivity contribution in [2.24, 2.45) is 5.73 Å². The number of benzene rings is 1. The van der Waals surface area contributed by atoms with Crippen LogP contribution in [0.1, 0.15) is 24.2 Å². The Kier molecular flexibility index (Phi) is 3.94. The summed E-state index contributed by atoms with van der Waals surface area (Å²) in [5.41, 5.74) is 6.36. The van der Waals surface area contributed by atoms with Gasteiger partial charge in [-0.2, -0.15) is 13.2 Å². The van der Waals surface area contributed by atoms with E-state index in [2.05, 4.69) is 10.3 Å². The minimum atomic E-state index is -4.46. The maximum absolute atomic E-state index is 12.6. The maximum atomic E-state index is 12.6. The van der Waals surface area contributed by atoms with Crippen LogP contribution in [-0.4, -0.2) is 4.98 Å². The molecular weight excluding hydrogens is 267 g/mol. The molecule has 0 radical (unpaired) electrons. The number of aromatic nitrogens is 1. The fourth-order valence-corrected chi connectivity index (χ4v) is 1.81. The Balaban J connectivity index is 2.31. The van der Waals surface area contributed by atoms with Crippen LogP contribution >= 0.6 is 0 Å². The normalized spacial score (nSPS) is 13.1. The van der Waals surface area contributed by atoms with Crippen molar-refractivity contribution < 1.29 is 13.2 Å². The molecule has 6 heteroatoms. The zero-order valence-corrected chi connectivity index (χ0v) is 10.8. The number of rotatable bonds is 3. The highest BCUT2D eigenvalue weighted by atomic mass is 19.4. The van der Waals surface area contributed by atoms with Crippen LogP contribution in [0, 0.1) is 0 Å². The van der Waals surface area contributed by atoms with E-state index in [1.54, 1.807) is 19.1 Å². The van der Waals surface area contributed by atoms with Crippen molar-refractivity contribution in [3.05, 3.63) is 53.7 Å². The van der Waals surface area contributed by atoms with Gasteiger partial charge in [-0.25, -0.2) is 4.98 Å². The molecule has 2 aromatic rings. The third kappa shape index (κ3) is 3.27. The van der Waals surface area contributed by atoms with Gasteiger partial charge in [-0.05, 0) is 30.7 Å². The molecule has 3 N–H and O–H groups in total. The van der Waals surface area contributed by atoms with Crippen molar-refractivity contribution >= 4 is 11.5 Å². The van der Waals surface area contributed by atoms with Gasteiger partial charge in [0.25, 0.3) is 0 Å². The second-order valence-corrected chi connectivity index (χ2v) is 4.41. The molecule has 0 amide bonds. The van der Waals surface area contributed by atoms with Gasteiger partial charge in [0.1, 0.15) is 11.5 Å². The second kappa shape index (κ2) is 5.50. The molecule has 0 aliphatic carbocycles. The van der Waals surface area contributed by atoms with Crippen molar-refractivity contribution in [2.75, 3.05) is 5.32 Å². The van der Waals surface area contributed by atoms with E-state index < -0.39 is 11.9 Å². The molecule has 0 bridgehead atoms. The van der Waals surface area contributed by atoms with Crippen molar-refractivity contribution in [3.8, 4) is 0 Å². The number of nitrogens with zero attached hydrogens (tertiary/aromatic N) is 1. The zero-order valence-electron chi connectivity index (χ0n) is 10.8. The van der Waals surface area contributed by atoms with Gasteiger partial charge in [-0.3, -0.25) is 0 Å². The fourth-order valence-electron chi connectivity index (χ4n) is 1.81. The Hall–Kier alpha value is -2.08. The van der Waals surface area contributed by atoms with Crippen LogP contribution in [0.3, 0.4) is 0 Å². The molecule has 1 heterocycles. The van der Waals surface area contributed by atoms with E-state index in [1.807, 2.05) is 12.1 Å². The molecule has 106 valence electrons. The summed E-state index contributed by atoms with van der Waals surface area (Å²) in [6.45, 7) is 1.81. The summed E-state index contributed by atoms with van der Waals surface area (Å²) in [7, 11) is 0. The molecule has 0 fully saturated rings. The average molecular weight is 281 g/mol. The molecule has 1 unspecified atom stereocenters. The highest BCUT2D eigenvalue weighted by Gasteiger charge is 2.32. The quantitative estimate of drug-likeness (QED) is 0.898. The average Bonchev–Trinajstić information content (AvgIpc) is 2.38. The highest BCUT2D eigenvalue weighted by Crippen LogP contribution is 2.29. The summed E-state index contributed by atoms with van der Waals surface area (Å²) in [5, 5.41) is 2.88. The smallest absolute Gasteiger partial charge is 0.340 e. The summed E-state index contributed by atoms with van der Waals surface area (Å²) in [6, 6.07) is 10.7. The Bertz CT molecular complexity index is 594. The van der Waals surface area contributed by atoms with Gasteiger partial charge in [0.05, 0.1) is 0 Å². The molecule has 20 heavy (non-hydrogen) atoms. The van der Waals surface area contributed by atoms with Crippen molar-refractivity contribution in [1.29, 1.82) is 0 Å². The molecule has 2 rings (SSSR count). The number of nitrogens with one attached hydrogen (secondary N) is 1. The Morgan fingerprint density at radius 1 is 1.10 bits per heavy atom. The lowest BCUT2D eigenvalue weighted by atomic mass is 10.1. The molecule has 0 saturated carbocycles. The number of hydrogen-bond acceptors (Lipinski definition) is 3. The largest absolute Gasteiger partial charge is 0.433 e. The summed E-state index contributed by atoms with van der Waals surface area (Å²) in [6.07, 6.45) is -4.46. The minimum absolute atomic E-state index is 0.132. The third-order valence-corrected chi connectivity index (χ3v) is 2.75. The first-order valence-corrected chi connectivity index (χ1v) is 6.03.